The van der Waals surface area contributed by atoms with E-state index in [0.717, 1.165) is 11.3 Å². The topological polar surface area (TPSA) is 55.6 Å². The first-order valence-electron chi connectivity index (χ1n) is 6.15. The summed E-state index contributed by atoms with van der Waals surface area (Å²) in [6.07, 6.45) is 5.30. The monoisotopic (exact) mass is 253 g/mol. The number of rotatable bonds is 3. The van der Waals surface area contributed by atoms with E-state index in [9.17, 15) is 0 Å². The van der Waals surface area contributed by atoms with Crippen LogP contribution in [0.4, 0.5) is 5.82 Å². The Hall–Kier alpha value is -2.43. The van der Waals surface area contributed by atoms with Gasteiger partial charge in [-0.15, -0.1) is 0 Å². The third-order valence-electron chi connectivity index (χ3n) is 2.99. The zero-order valence-electron chi connectivity index (χ0n) is 11.0. The minimum Gasteiger partial charge on any atom is -0.366 e. The Bertz CT molecular complexity index is 702. The van der Waals surface area contributed by atoms with Gasteiger partial charge in [-0.1, -0.05) is 6.07 Å². The van der Waals surface area contributed by atoms with Gasteiger partial charge in [-0.05, 0) is 30.2 Å². The molecule has 5 heteroatoms. The maximum atomic E-state index is 4.51. The lowest BCUT2D eigenvalue weighted by molar-refractivity contribution is 0.778. The van der Waals surface area contributed by atoms with Crippen LogP contribution in [0.1, 0.15) is 11.1 Å². The van der Waals surface area contributed by atoms with Gasteiger partial charge in [0.25, 0.3) is 0 Å². The second-order valence-corrected chi connectivity index (χ2v) is 4.61. The van der Waals surface area contributed by atoms with E-state index in [0.29, 0.717) is 6.54 Å². The van der Waals surface area contributed by atoms with Crippen molar-refractivity contribution >= 4 is 16.7 Å². The summed E-state index contributed by atoms with van der Waals surface area (Å²) in [5.41, 5.74) is 3.45. The van der Waals surface area contributed by atoms with Crippen molar-refractivity contribution in [3.63, 3.8) is 0 Å². The zero-order chi connectivity index (χ0) is 13.2. The maximum Gasteiger partial charge on any atom is 0.129 e. The molecule has 0 saturated carbocycles. The molecule has 0 aliphatic heterocycles. The molecule has 5 nitrogen and oxygen atoms in total. The van der Waals surface area contributed by atoms with Gasteiger partial charge in [-0.3, -0.25) is 4.68 Å². The molecule has 3 rings (SSSR count). The molecular formula is C14H15N5. The minimum absolute atomic E-state index is 0.701. The predicted octanol–water partition coefficient (Wildman–Crippen LogP) is 2.28. The highest BCUT2D eigenvalue weighted by molar-refractivity contribution is 5.82. The molecule has 2 aromatic heterocycles. The van der Waals surface area contributed by atoms with E-state index in [1.54, 1.807) is 6.20 Å². The van der Waals surface area contributed by atoms with Gasteiger partial charge < -0.3 is 5.32 Å². The van der Waals surface area contributed by atoms with Crippen LogP contribution in [0.15, 0.2) is 36.9 Å². The van der Waals surface area contributed by atoms with Crippen LogP contribution in [-0.4, -0.2) is 19.7 Å². The number of nitrogens with one attached hydrogen (secondary N) is 1. The fraction of sp³-hybridized carbons (Fsp3) is 0.214. The first-order chi connectivity index (χ1) is 9.22. The molecule has 0 amide bonds. The van der Waals surface area contributed by atoms with Crippen molar-refractivity contribution in [1.29, 1.82) is 0 Å². The van der Waals surface area contributed by atoms with Gasteiger partial charge in [0.2, 0.25) is 0 Å². The number of fused-ring (bicyclic) bond motifs is 1. The largest absolute Gasteiger partial charge is 0.366 e. The van der Waals surface area contributed by atoms with Gasteiger partial charge >= 0.3 is 0 Å². The smallest absolute Gasteiger partial charge is 0.129 e. The van der Waals surface area contributed by atoms with Crippen molar-refractivity contribution in [3.05, 3.63) is 48.0 Å². The Labute approximate surface area is 111 Å². The summed E-state index contributed by atoms with van der Waals surface area (Å²) < 4.78 is 1.85. The van der Waals surface area contributed by atoms with E-state index in [1.165, 1.54) is 22.8 Å². The van der Waals surface area contributed by atoms with E-state index in [-0.39, 0.29) is 0 Å². The highest BCUT2D eigenvalue weighted by Crippen LogP contribution is 2.20. The summed E-state index contributed by atoms with van der Waals surface area (Å²) in [6, 6.07) is 6.16. The average molecular weight is 253 g/mol. The van der Waals surface area contributed by atoms with Crippen LogP contribution in [0, 0.1) is 6.92 Å². The van der Waals surface area contributed by atoms with E-state index >= 15 is 0 Å². The van der Waals surface area contributed by atoms with Gasteiger partial charge in [0.15, 0.2) is 0 Å². The summed E-state index contributed by atoms with van der Waals surface area (Å²) in [7, 11) is 1.94. The normalized spacial score (nSPS) is 10.8. The molecular weight excluding hydrogens is 238 g/mol. The third kappa shape index (κ3) is 2.40. The Morgan fingerprint density at radius 2 is 2.21 bits per heavy atom. The zero-order valence-corrected chi connectivity index (χ0v) is 11.0. The summed E-state index contributed by atoms with van der Waals surface area (Å²) in [4.78, 5) is 8.05. The predicted molar refractivity (Wildman–Crippen MR) is 74.8 cm³/mol. The summed E-state index contributed by atoms with van der Waals surface area (Å²) in [6.45, 7) is 2.80. The van der Waals surface area contributed by atoms with Crippen molar-refractivity contribution in [1.82, 2.24) is 19.7 Å². The number of aromatic nitrogens is 4. The molecule has 2 heterocycles. The molecule has 0 saturated heterocycles. The van der Waals surface area contributed by atoms with Crippen molar-refractivity contribution in [2.75, 3.05) is 5.32 Å². The van der Waals surface area contributed by atoms with E-state index in [1.807, 2.05) is 24.0 Å². The Kier molecular flexibility index (Phi) is 2.87. The molecule has 3 aromatic rings. The lowest BCUT2D eigenvalue weighted by Crippen LogP contribution is -2.02. The molecule has 19 heavy (non-hydrogen) atoms. The van der Waals surface area contributed by atoms with Crippen molar-refractivity contribution in [2.45, 2.75) is 13.5 Å². The summed E-state index contributed by atoms with van der Waals surface area (Å²) >= 11 is 0. The van der Waals surface area contributed by atoms with Crippen LogP contribution in [0.2, 0.25) is 0 Å². The SMILES string of the molecule is Cc1cc(CNc2ccncn2)c2nn(C)cc2c1. The van der Waals surface area contributed by atoms with Crippen LogP contribution >= 0.6 is 0 Å². The maximum absolute atomic E-state index is 4.51. The molecule has 0 radical (unpaired) electrons. The van der Waals surface area contributed by atoms with Crippen LogP contribution in [0.3, 0.4) is 0 Å². The lowest BCUT2D eigenvalue weighted by Gasteiger charge is -2.07. The molecule has 96 valence electrons. The number of hydrogen-bond acceptors (Lipinski definition) is 4. The van der Waals surface area contributed by atoms with Crippen molar-refractivity contribution in [3.8, 4) is 0 Å². The standard InChI is InChI=1S/C14H15N5/c1-10-5-11(7-16-13-3-4-15-9-17-13)14-12(6-10)8-19(2)18-14/h3-6,8-9H,7H2,1-2H3,(H,15,16,17). The lowest BCUT2D eigenvalue weighted by atomic mass is 10.1. The summed E-state index contributed by atoms with van der Waals surface area (Å²) in [5.74, 6) is 0.820. The van der Waals surface area contributed by atoms with Gasteiger partial charge in [0, 0.05) is 31.4 Å². The quantitative estimate of drug-likeness (QED) is 0.778. The molecule has 1 aromatic carbocycles. The average Bonchev–Trinajstić information content (AvgIpc) is 2.77. The van der Waals surface area contributed by atoms with Crippen LogP contribution in [0.5, 0.6) is 0 Å². The third-order valence-corrected chi connectivity index (χ3v) is 2.99. The number of aryl methyl sites for hydroxylation is 2. The molecule has 0 unspecified atom stereocenters. The van der Waals surface area contributed by atoms with E-state index in [4.69, 9.17) is 0 Å². The fourth-order valence-corrected chi connectivity index (χ4v) is 2.21. The molecule has 0 spiro atoms. The molecule has 1 N–H and O–H groups in total. The highest BCUT2D eigenvalue weighted by atomic mass is 15.2. The van der Waals surface area contributed by atoms with E-state index in [2.05, 4.69) is 39.4 Å². The van der Waals surface area contributed by atoms with Gasteiger partial charge in [-0.2, -0.15) is 5.10 Å². The number of benzene rings is 1. The highest BCUT2D eigenvalue weighted by Gasteiger charge is 2.06. The van der Waals surface area contributed by atoms with Gasteiger partial charge in [0.05, 0.1) is 5.52 Å². The number of nitrogens with zero attached hydrogens (tertiary/aromatic N) is 4. The first kappa shape index (κ1) is 11.6. The second kappa shape index (κ2) is 4.68. The Morgan fingerprint density at radius 3 is 3.00 bits per heavy atom. The number of anilines is 1. The van der Waals surface area contributed by atoms with Crippen LogP contribution < -0.4 is 5.32 Å². The molecule has 0 aliphatic rings. The summed E-state index contributed by atoms with van der Waals surface area (Å²) in [5, 5.41) is 8.97. The van der Waals surface area contributed by atoms with E-state index < -0.39 is 0 Å². The van der Waals surface area contributed by atoms with Gasteiger partial charge in [0.1, 0.15) is 12.1 Å². The van der Waals surface area contributed by atoms with Gasteiger partial charge in [-0.25, -0.2) is 9.97 Å². The first-order valence-corrected chi connectivity index (χ1v) is 6.15. The fourth-order valence-electron chi connectivity index (χ4n) is 2.21. The van der Waals surface area contributed by atoms with Crippen LogP contribution in [-0.2, 0) is 13.6 Å². The second-order valence-electron chi connectivity index (χ2n) is 4.61. The molecule has 0 bridgehead atoms. The molecule has 0 atom stereocenters. The Morgan fingerprint density at radius 1 is 1.32 bits per heavy atom. The number of hydrogen-bond donors (Lipinski definition) is 1. The molecule has 0 aliphatic carbocycles. The van der Waals surface area contributed by atoms with Crippen LogP contribution in [0.25, 0.3) is 10.9 Å². The Balaban J connectivity index is 1.92. The van der Waals surface area contributed by atoms with Crippen molar-refractivity contribution < 1.29 is 0 Å². The molecule has 0 fully saturated rings. The minimum atomic E-state index is 0.701. The van der Waals surface area contributed by atoms with Crippen molar-refractivity contribution in [2.24, 2.45) is 7.05 Å².